The van der Waals surface area contributed by atoms with E-state index in [1.807, 2.05) is 13.8 Å². The molecule has 0 bridgehead atoms. The Hall–Kier alpha value is -1.29. The van der Waals surface area contributed by atoms with Crippen molar-refractivity contribution >= 4 is 5.78 Å². The summed E-state index contributed by atoms with van der Waals surface area (Å²) in [6.45, 7) is 3.63. The van der Waals surface area contributed by atoms with E-state index in [9.17, 15) is 13.6 Å². The van der Waals surface area contributed by atoms with Crippen LogP contribution in [0.1, 0.15) is 37.0 Å². The average Bonchev–Trinajstić information content (AvgIpc) is 2.29. The first-order valence-electron chi connectivity index (χ1n) is 5.64. The highest BCUT2D eigenvalue weighted by atomic mass is 19.1. The van der Waals surface area contributed by atoms with E-state index in [1.54, 1.807) is 0 Å². The van der Waals surface area contributed by atoms with Crippen molar-refractivity contribution < 1.29 is 18.3 Å². The van der Waals surface area contributed by atoms with E-state index in [0.717, 1.165) is 31.0 Å². The van der Waals surface area contributed by atoms with E-state index in [4.69, 9.17) is 4.74 Å². The summed E-state index contributed by atoms with van der Waals surface area (Å²) in [5, 5.41) is 0. The molecule has 0 saturated carbocycles. The molecule has 1 aromatic carbocycles. The van der Waals surface area contributed by atoms with Gasteiger partial charge in [0.25, 0.3) is 0 Å². The summed E-state index contributed by atoms with van der Waals surface area (Å²) in [4.78, 5) is 11.6. The smallest absolute Gasteiger partial charge is 0.191 e. The van der Waals surface area contributed by atoms with Gasteiger partial charge in [-0.25, -0.2) is 8.78 Å². The number of carbonyl (C=O) groups is 1. The summed E-state index contributed by atoms with van der Waals surface area (Å²) >= 11 is 0. The number of hydrogen-bond donors (Lipinski definition) is 0. The quantitative estimate of drug-likeness (QED) is 0.715. The van der Waals surface area contributed by atoms with Crippen molar-refractivity contribution in [2.75, 3.05) is 6.61 Å². The van der Waals surface area contributed by atoms with Gasteiger partial charge in [0.1, 0.15) is 18.2 Å². The maximum absolute atomic E-state index is 13.2. The molecule has 1 aromatic rings. The van der Waals surface area contributed by atoms with Crippen molar-refractivity contribution in [3.05, 3.63) is 35.4 Å². The van der Waals surface area contributed by atoms with Crippen LogP contribution < -0.4 is 0 Å². The van der Waals surface area contributed by atoms with Gasteiger partial charge in [0, 0.05) is 0 Å². The minimum atomic E-state index is -0.719. The summed E-state index contributed by atoms with van der Waals surface area (Å²) in [7, 11) is 0. The van der Waals surface area contributed by atoms with E-state index < -0.39 is 17.4 Å². The minimum Gasteiger partial charge on any atom is -0.370 e. The first kappa shape index (κ1) is 13.8. The van der Waals surface area contributed by atoms with Crippen molar-refractivity contribution in [1.29, 1.82) is 0 Å². The Morgan fingerprint density at radius 1 is 1.41 bits per heavy atom. The van der Waals surface area contributed by atoms with Crippen LogP contribution >= 0.6 is 0 Å². The van der Waals surface area contributed by atoms with Gasteiger partial charge < -0.3 is 4.74 Å². The van der Waals surface area contributed by atoms with Gasteiger partial charge >= 0.3 is 0 Å². The first-order chi connectivity index (χ1) is 8.04. The molecular weight excluding hydrogens is 226 g/mol. The highest BCUT2D eigenvalue weighted by Gasteiger charge is 2.14. The lowest BCUT2D eigenvalue weighted by atomic mass is 10.1. The monoisotopic (exact) mass is 242 g/mol. The average molecular weight is 242 g/mol. The second-order valence-corrected chi connectivity index (χ2v) is 3.96. The van der Waals surface area contributed by atoms with Crippen LogP contribution in [0.25, 0.3) is 0 Å². The van der Waals surface area contributed by atoms with Crippen molar-refractivity contribution in [3.8, 4) is 0 Å². The number of Topliss-reactive ketones (excluding diaryl/α,β-unsaturated/α-hetero) is 1. The molecule has 0 saturated heterocycles. The summed E-state index contributed by atoms with van der Waals surface area (Å²) in [6.07, 6.45) is 1.73. The van der Waals surface area contributed by atoms with Crippen LogP contribution in [0.4, 0.5) is 8.78 Å². The SMILES string of the molecule is CCCC(C)OCC(=O)c1cc(F)ccc1F. The fraction of sp³-hybridized carbons (Fsp3) is 0.462. The highest BCUT2D eigenvalue weighted by molar-refractivity contribution is 5.97. The molecule has 17 heavy (non-hydrogen) atoms. The number of halogens is 2. The van der Waals surface area contributed by atoms with Crippen LogP contribution in [0.5, 0.6) is 0 Å². The van der Waals surface area contributed by atoms with E-state index in [2.05, 4.69) is 0 Å². The summed E-state index contributed by atoms with van der Waals surface area (Å²) < 4.78 is 31.4. The van der Waals surface area contributed by atoms with Crippen LogP contribution in [0.15, 0.2) is 18.2 Å². The fourth-order valence-corrected chi connectivity index (χ4v) is 1.50. The molecule has 1 unspecified atom stereocenters. The topological polar surface area (TPSA) is 26.3 Å². The molecular formula is C13H16F2O2. The second kappa shape index (κ2) is 6.45. The molecule has 0 aliphatic carbocycles. The van der Waals surface area contributed by atoms with Gasteiger partial charge in [-0.05, 0) is 31.5 Å². The lowest BCUT2D eigenvalue weighted by Crippen LogP contribution is -2.17. The normalized spacial score (nSPS) is 12.5. The number of carbonyl (C=O) groups excluding carboxylic acids is 1. The third-order valence-corrected chi connectivity index (χ3v) is 2.42. The predicted molar refractivity (Wildman–Crippen MR) is 61.0 cm³/mol. The first-order valence-corrected chi connectivity index (χ1v) is 5.64. The third-order valence-electron chi connectivity index (χ3n) is 2.42. The largest absolute Gasteiger partial charge is 0.370 e. The molecule has 0 amide bonds. The van der Waals surface area contributed by atoms with Crippen LogP contribution in [-0.4, -0.2) is 18.5 Å². The highest BCUT2D eigenvalue weighted by Crippen LogP contribution is 2.11. The number of benzene rings is 1. The number of ketones is 1. The van der Waals surface area contributed by atoms with Gasteiger partial charge in [0.15, 0.2) is 5.78 Å². The van der Waals surface area contributed by atoms with E-state index in [1.165, 1.54) is 0 Å². The van der Waals surface area contributed by atoms with Gasteiger partial charge in [0.2, 0.25) is 0 Å². The Bertz CT molecular complexity index is 391. The van der Waals surface area contributed by atoms with Crippen LogP contribution in [0.2, 0.25) is 0 Å². The van der Waals surface area contributed by atoms with E-state index >= 15 is 0 Å². The van der Waals surface area contributed by atoms with Gasteiger partial charge in [-0.3, -0.25) is 4.79 Å². The number of ether oxygens (including phenoxy) is 1. The molecule has 0 aliphatic heterocycles. The molecule has 0 heterocycles. The van der Waals surface area contributed by atoms with Gasteiger partial charge in [0.05, 0.1) is 11.7 Å². The van der Waals surface area contributed by atoms with E-state index in [-0.39, 0.29) is 18.3 Å². The zero-order valence-corrected chi connectivity index (χ0v) is 10.0. The summed E-state index contributed by atoms with van der Waals surface area (Å²) in [5.41, 5.74) is -0.256. The Morgan fingerprint density at radius 3 is 2.76 bits per heavy atom. The van der Waals surface area contributed by atoms with Crippen LogP contribution in [0.3, 0.4) is 0 Å². The van der Waals surface area contributed by atoms with Crippen molar-refractivity contribution in [2.24, 2.45) is 0 Å². The molecule has 0 fully saturated rings. The molecule has 0 aromatic heterocycles. The maximum Gasteiger partial charge on any atom is 0.191 e. The van der Waals surface area contributed by atoms with Crippen LogP contribution in [0, 0.1) is 11.6 Å². The van der Waals surface area contributed by atoms with Crippen molar-refractivity contribution in [3.63, 3.8) is 0 Å². The standard InChI is InChI=1S/C13H16F2O2/c1-3-4-9(2)17-8-13(16)11-7-10(14)5-6-12(11)15/h5-7,9H,3-4,8H2,1-2H3. The molecule has 0 N–H and O–H groups in total. The molecule has 4 heteroatoms. The molecule has 0 spiro atoms. The van der Waals surface area contributed by atoms with Crippen molar-refractivity contribution in [1.82, 2.24) is 0 Å². The Morgan fingerprint density at radius 2 is 2.12 bits per heavy atom. The molecule has 2 nitrogen and oxygen atoms in total. The zero-order valence-electron chi connectivity index (χ0n) is 10.0. The maximum atomic E-state index is 13.2. The van der Waals surface area contributed by atoms with Crippen LogP contribution in [-0.2, 0) is 4.74 Å². The lowest BCUT2D eigenvalue weighted by Gasteiger charge is -2.11. The Labute approximate surface area is 99.6 Å². The third kappa shape index (κ3) is 4.23. The van der Waals surface area contributed by atoms with Crippen molar-refractivity contribution in [2.45, 2.75) is 32.8 Å². The predicted octanol–water partition coefficient (Wildman–Crippen LogP) is 3.35. The Balaban J connectivity index is 2.61. The second-order valence-electron chi connectivity index (χ2n) is 3.96. The molecule has 1 atom stereocenters. The molecule has 1 rings (SSSR count). The molecule has 94 valence electrons. The van der Waals surface area contributed by atoms with E-state index in [0.29, 0.717) is 0 Å². The zero-order chi connectivity index (χ0) is 12.8. The van der Waals surface area contributed by atoms with Gasteiger partial charge in [-0.1, -0.05) is 13.3 Å². The molecule has 0 aliphatic rings. The fourth-order valence-electron chi connectivity index (χ4n) is 1.50. The Kier molecular flexibility index (Phi) is 5.22. The summed E-state index contributed by atoms with van der Waals surface area (Å²) in [6, 6.07) is 2.82. The number of rotatable bonds is 6. The van der Waals surface area contributed by atoms with Gasteiger partial charge in [-0.2, -0.15) is 0 Å². The lowest BCUT2D eigenvalue weighted by molar-refractivity contribution is 0.0487. The van der Waals surface area contributed by atoms with Gasteiger partial charge in [-0.15, -0.1) is 0 Å². The number of hydrogen-bond acceptors (Lipinski definition) is 2. The minimum absolute atomic E-state index is 0.0550. The molecule has 0 radical (unpaired) electrons. The summed E-state index contributed by atoms with van der Waals surface area (Å²) in [5.74, 6) is -1.88.